The number of carbonyl (C=O) groups is 1. The van der Waals surface area contributed by atoms with Gasteiger partial charge in [0.2, 0.25) is 0 Å². The highest BCUT2D eigenvalue weighted by atomic mass is 16.4. The van der Waals surface area contributed by atoms with Gasteiger partial charge < -0.3 is 5.11 Å². The van der Waals surface area contributed by atoms with Crippen LogP contribution in [0.25, 0.3) is 5.57 Å². The van der Waals surface area contributed by atoms with E-state index in [9.17, 15) is 9.90 Å². The number of carboxylic acids is 1. The highest BCUT2D eigenvalue weighted by Gasteiger charge is 2.22. The van der Waals surface area contributed by atoms with E-state index in [1.54, 1.807) is 18.2 Å². The highest BCUT2D eigenvalue weighted by molar-refractivity contribution is 6.20. The second-order valence-electron chi connectivity index (χ2n) is 7.79. The Balaban J connectivity index is 1.53. The Morgan fingerprint density at radius 2 is 1.15 bits per heavy atom. The molecule has 0 unspecified atom stereocenters. The van der Waals surface area contributed by atoms with Crippen molar-refractivity contribution in [3.8, 4) is 0 Å². The van der Waals surface area contributed by atoms with E-state index in [1.807, 2.05) is 72.9 Å². The van der Waals surface area contributed by atoms with Crippen LogP contribution in [0.15, 0.2) is 134 Å². The normalized spacial score (nSPS) is 19.8. The molecule has 1 aromatic carbocycles. The molecule has 8 bridgehead atoms. The molecule has 1 aromatic rings. The number of aromatic carboxylic acids is 1. The molecule has 0 radical (unpaired) electrons. The summed E-state index contributed by atoms with van der Waals surface area (Å²) in [5.41, 5.74) is 7.66. The van der Waals surface area contributed by atoms with E-state index in [1.165, 1.54) is 0 Å². The highest BCUT2D eigenvalue weighted by Crippen LogP contribution is 2.33. The van der Waals surface area contributed by atoms with Gasteiger partial charge in [-0.2, -0.15) is 0 Å². The topological polar surface area (TPSA) is 86.7 Å². The first-order valence-corrected chi connectivity index (χ1v) is 10.4. The van der Waals surface area contributed by atoms with Crippen LogP contribution in [0.2, 0.25) is 0 Å². The zero-order valence-electron chi connectivity index (χ0n) is 17.3. The standard InChI is InChI=1S/C27H16N4O2/c32-27(33)24-4-2-1-3-23(24)25-14-22-13-20-8-7-18(29-20)11-16-5-6-17(28-16)12-19-9-10-21(30-19)15-26(25)31-22/h1-15H,(H,32,33). The summed E-state index contributed by atoms with van der Waals surface area (Å²) in [4.78, 5) is 30.6. The predicted molar refractivity (Wildman–Crippen MR) is 131 cm³/mol. The number of fused-ring (bicyclic) bond motifs is 4. The molecule has 0 amide bonds. The first kappa shape index (κ1) is 19.0. The summed E-state index contributed by atoms with van der Waals surface area (Å²) in [6.45, 7) is 0. The summed E-state index contributed by atoms with van der Waals surface area (Å²) in [5, 5.41) is 9.71. The molecule has 0 spiro atoms. The second-order valence-corrected chi connectivity index (χ2v) is 7.79. The van der Waals surface area contributed by atoms with E-state index < -0.39 is 5.97 Å². The van der Waals surface area contributed by atoms with Gasteiger partial charge in [-0.05, 0) is 78.5 Å². The first-order valence-electron chi connectivity index (χ1n) is 10.4. The van der Waals surface area contributed by atoms with Gasteiger partial charge in [0.1, 0.15) is 0 Å². The lowest BCUT2D eigenvalue weighted by Crippen LogP contribution is -2.02. The number of hydrogen-bond acceptors (Lipinski definition) is 5. The molecule has 0 saturated carbocycles. The smallest absolute Gasteiger partial charge is 0.336 e. The fourth-order valence-corrected chi connectivity index (χ4v) is 4.02. The maximum absolute atomic E-state index is 11.9. The molecule has 6 heteroatoms. The quantitative estimate of drug-likeness (QED) is 0.733. The summed E-state index contributed by atoms with van der Waals surface area (Å²) in [7, 11) is 0. The molecule has 0 aliphatic carbocycles. The minimum Gasteiger partial charge on any atom is -0.478 e. The number of aliphatic imine (C=N–C) groups is 4. The van der Waals surface area contributed by atoms with Crippen molar-refractivity contribution in [2.45, 2.75) is 0 Å². The summed E-state index contributed by atoms with van der Waals surface area (Å²) in [6.07, 6.45) is 21.1. The average molecular weight is 428 g/mol. The van der Waals surface area contributed by atoms with Crippen LogP contribution >= 0.6 is 0 Å². The van der Waals surface area contributed by atoms with Crippen LogP contribution in [0.3, 0.4) is 0 Å². The van der Waals surface area contributed by atoms with Gasteiger partial charge in [0.25, 0.3) is 0 Å². The minimum absolute atomic E-state index is 0.225. The predicted octanol–water partition coefficient (Wildman–Crippen LogP) is 4.80. The number of benzene rings is 1. The first-order chi connectivity index (χ1) is 16.1. The average Bonchev–Trinajstić information content (AvgIpc) is 3.59. The third kappa shape index (κ3) is 3.64. The molecule has 0 atom stereocenters. The van der Waals surface area contributed by atoms with Crippen LogP contribution in [-0.2, 0) is 0 Å². The van der Waals surface area contributed by atoms with Gasteiger partial charge in [-0.3, -0.25) is 0 Å². The van der Waals surface area contributed by atoms with Gasteiger partial charge in [0.15, 0.2) is 0 Å². The van der Waals surface area contributed by atoms with E-state index in [4.69, 9.17) is 4.99 Å². The number of hydrogen-bond donors (Lipinski definition) is 1. The Hall–Kier alpha value is -4.71. The number of rotatable bonds is 2. The molecule has 6 rings (SSSR count). The van der Waals surface area contributed by atoms with Crippen molar-refractivity contribution in [3.63, 3.8) is 0 Å². The van der Waals surface area contributed by atoms with Crippen molar-refractivity contribution in [1.82, 2.24) is 0 Å². The molecule has 6 nitrogen and oxygen atoms in total. The van der Waals surface area contributed by atoms with Gasteiger partial charge in [0, 0.05) is 5.57 Å². The Bertz CT molecular complexity index is 1510. The van der Waals surface area contributed by atoms with Crippen molar-refractivity contribution in [2.75, 3.05) is 0 Å². The lowest BCUT2D eigenvalue weighted by Gasteiger charge is -2.08. The van der Waals surface area contributed by atoms with Crippen molar-refractivity contribution in [3.05, 3.63) is 125 Å². The molecule has 0 fully saturated rings. The Morgan fingerprint density at radius 3 is 1.76 bits per heavy atom. The van der Waals surface area contributed by atoms with Crippen molar-refractivity contribution in [1.29, 1.82) is 0 Å². The van der Waals surface area contributed by atoms with E-state index in [0.717, 1.165) is 39.8 Å². The summed E-state index contributed by atoms with van der Waals surface area (Å²) in [6, 6.07) is 6.95. The summed E-state index contributed by atoms with van der Waals surface area (Å²) in [5.74, 6) is -0.982. The molecule has 33 heavy (non-hydrogen) atoms. The maximum Gasteiger partial charge on any atom is 0.336 e. The maximum atomic E-state index is 11.9. The Labute approximate surface area is 189 Å². The minimum atomic E-state index is -0.982. The SMILES string of the molecule is O=C(O)c1ccccc1C1=CC2=NC1=CC1=NC(=CC3=NC(=CC4=NC(=C2)C=C4)C=C3)C=C1. The van der Waals surface area contributed by atoms with E-state index >= 15 is 0 Å². The monoisotopic (exact) mass is 428 g/mol. The molecule has 156 valence electrons. The number of carboxylic acid groups (broad SMARTS) is 1. The number of nitrogens with zero attached hydrogens (tertiary/aromatic N) is 4. The molecule has 0 aromatic heterocycles. The van der Waals surface area contributed by atoms with E-state index in [2.05, 4.69) is 15.0 Å². The fourth-order valence-electron chi connectivity index (χ4n) is 4.02. The zero-order chi connectivity index (χ0) is 22.4. The van der Waals surface area contributed by atoms with Gasteiger partial charge >= 0.3 is 5.97 Å². The van der Waals surface area contributed by atoms with Crippen LogP contribution in [0.5, 0.6) is 0 Å². The molecule has 5 aliphatic rings. The van der Waals surface area contributed by atoms with Crippen LogP contribution in [-0.4, -0.2) is 33.9 Å². The van der Waals surface area contributed by atoms with Crippen LogP contribution in [0, 0.1) is 0 Å². The van der Waals surface area contributed by atoms with Gasteiger partial charge in [-0.15, -0.1) is 0 Å². The van der Waals surface area contributed by atoms with E-state index in [-0.39, 0.29) is 5.56 Å². The van der Waals surface area contributed by atoms with Crippen molar-refractivity contribution < 1.29 is 9.90 Å². The molecule has 5 aliphatic heterocycles. The van der Waals surface area contributed by atoms with Crippen molar-refractivity contribution >= 4 is 34.4 Å². The Morgan fingerprint density at radius 1 is 0.606 bits per heavy atom. The lowest BCUT2D eigenvalue weighted by molar-refractivity contribution is 0.0696. The molecular formula is C27H16N4O2. The van der Waals surface area contributed by atoms with Gasteiger partial charge in [-0.1, -0.05) is 18.2 Å². The Kier molecular flexibility index (Phi) is 4.30. The van der Waals surface area contributed by atoms with E-state index in [0.29, 0.717) is 17.0 Å². The molecule has 5 heterocycles. The summed E-state index contributed by atoms with van der Waals surface area (Å²) < 4.78 is 0. The fraction of sp³-hybridized carbons (Fsp3) is 0. The largest absolute Gasteiger partial charge is 0.478 e. The van der Waals surface area contributed by atoms with Gasteiger partial charge in [-0.25, -0.2) is 24.8 Å². The molecule has 1 N–H and O–H groups in total. The summed E-state index contributed by atoms with van der Waals surface area (Å²) >= 11 is 0. The van der Waals surface area contributed by atoms with Gasteiger partial charge in [0.05, 0.1) is 51.2 Å². The van der Waals surface area contributed by atoms with Crippen LogP contribution in [0.4, 0.5) is 0 Å². The third-order valence-electron chi connectivity index (χ3n) is 5.49. The van der Waals surface area contributed by atoms with Crippen molar-refractivity contribution in [2.24, 2.45) is 20.0 Å². The van der Waals surface area contributed by atoms with Crippen LogP contribution in [0.1, 0.15) is 15.9 Å². The second kappa shape index (κ2) is 7.46. The zero-order valence-corrected chi connectivity index (χ0v) is 17.3. The number of allylic oxidation sites excluding steroid dienone is 12. The molecule has 0 saturated heterocycles. The van der Waals surface area contributed by atoms with Crippen LogP contribution < -0.4 is 0 Å². The third-order valence-corrected chi connectivity index (χ3v) is 5.49. The lowest BCUT2D eigenvalue weighted by atomic mass is 9.97. The molecular weight excluding hydrogens is 412 g/mol.